The monoisotopic (exact) mass is 416 g/mol. The molecular formula is C22H25FN2O3S. The van der Waals surface area contributed by atoms with Gasteiger partial charge in [0.15, 0.2) is 0 Å². The quantitative estimate of drug-likeness (QED) is 0.769. The van der Waals surface area contributed by atoms with Crippen molar-refractivity contribution in [3.63, 3.8) is 0 Å². The summed E-state index contributed by atoms with van der Waals surface area (Å²) in [7, 11) is -3.67. The van der Waals surface area contributed by atoms with Crippen molar-refractivity contribution in [1.82, 2.24) is 4.31 Å². The smallest absolute Gasteiger partial charge is 0.243 e. The number of hydrogen-bond acceptors (Lipinski definition) is 3. The molecule has 0 radical (unpaired) electrons. The average molecular weight is 417 g/mol. The lowest BCUT2D eigenvalue weighted by atomic mass is 9.93. The molecule has 5 nitrogen and oxygen atoms in total. The molecule has 0 bridgehead atoms. The van der Waals surface area contributed by atoms with Crippen LogP contribution >= 0.6 is 0 Å². The van der Waals surface area contributed by atoms with Crippen LogP contribution in [0.25, 0.3) is 0 Å². The van der Waals surface area contributed by atoms with E-state index >= 15 is 0 Å². The number of nitrogens with zero attached hydrogens (tertiary/aromatic N) is 2. The first-order chi connectivity index (χ1) is 13.9. The van der Waals surface area contributed by atoms with Crippen molar-refractivity contribution in [2.45, 2.75) is 37.5 Å². The second-order valence-corrected chi connectivity index (χ2v) is 9.75. The molecule has 2 aliphatic heterocycles. The first-order valence-electron chi connectivity index (χ1n) is 10.0. The van der Waals surface area contributed by atoms with Gasteiger partial charge in [0.05, 0.1) is 4.90 Å². The third-order valence-corrected chi connectivity index (χ3v) is 7.85. The van der Waals surface area contributed by atoms with Gasteiger partial charge in [-0.3, -0.25) is 4.79 Å². The third-order valence-electron chi connectivity index (χ3n) is 5.94. The summed E-state index contributed by atoms with van der Waals surface area (Å²) >= 11 is 0. The fourth-order valence-electron chi connectivity index (χ4n) is 4.39. The van der Waals surface area contributed by atoms with E-state index in [9.17, 15) is 17.6 Å². The summed E-state index contributed by atoms with van der Waals surface area (Å²) in [5.41, 5.74) is 3.35. The topological polar surface area (TPSA) is 57.7 Å². The van der Waals surface area contributed by atoms with Crippen LogP contribution in [0.15, 0.2) is 47.4 Å². The molecule has 2 heterocycles. The number of anilines is 1. The number of amides is 1. The highest BCUT2D eigenvalue weighted by Gasteiger charge is 2.35. The number of carbonyl (C=O) groups is 1. The van der Waals surface area contributed by atoms with Crippen molar-refractivity contribution in [1.29, 1.82) is 0 Å². The number of carbonyl (C=O) groups excluding carboxylic acids is 1. The lowest BCUT2D eigenvalue weighted by Crippen LogP contribution is -2.46. The summed E-state index contributed by atoms with van der Waals surface area (Å²) in [5, 5.41) is 0. The Morgan fingerprint density at radius 3 is 2.41 bits per heavy atom. The number of benzene rings is 2. The zero-order valence-corrected chi connectivity index (χ0v) is 17.3. The van der Waals surface area contributed by atoms with E-state index < -0.39 is 15.8 Å². The molecule has 4 rings (SSSR count). The molecule has 1 fully saturated rings. The van der Waals surface area contributed by atoms with Gasteiger partial charge in [-0.15, -0.1) is 0 Å². The van der Waals surface area contributed by atoms with E-state index in [0.717, 1.165) is 36.2 Å². The first kappa shape index (κ1) is 20.0. The number of halogens is 1. The highest BCUT2D eigenvalue weighted by atomic mass is 32.2. The Kier molecular flexibility index (Phi) is 5.44. The Hall–Kier alpha value is -2.25. The van der Waals surface area contributed by atoms with Crippen LogP contribution in [0, 0.1) is 18.7 Å². The van der Waals surface area contributed by atoms with Crippen molar-refractivity contribution in [3.8, 4) is 0 Å². The zero-order chi connectivity index (χ0) is 20.6. The normalized spacial score (nSPS) is 18.5. The van der Waals surface area contributed by atoms with E-state index in [0.29, 0.717) is 32.5 Å². The van der Waals surface area contributed by atoms with Crippen molar-refractivity contribution < 1.29 is 17.6 Å². The summed E-state index contributed by atoms with van der Waals surface area (Å²) in [4.78, 5) is 15.2. The minimum absolute atomic E-state index is 0.0873. The minimum atomic E-state index is -3.67. The average Bonchev–Trinajstić information content (AvgIpc) is 2.73. The van der Waals surface area contributed by atoms with Gasteiger partial charge >= 0.3 is 0 Å². The van der Waals surface area contributed by atoms with Gasteiger partial charge in [0, 0.05) is 31.2 Å². The Labute approximate surface area is 171 Å². The molecule has 2 aromatic rings. The summed E-state index contributed by atoms with van der Waals surface area (Å²) in [6.45, 7) is 3.34. The van der Waals surface area contributed by atoms with Crippen LogP contribution in [0.2, 0.25) is 0 Å². The van der Waals surface area contributed by atoms with Crippen molar-refractivity contribution in [3.05, 3.63) is 59.4 Å². The molecular weight excluding hydrogens is 391 g/mol. The molecule has 154 valence electrons. The number of sulfonamides is 1. The van der Waals surface area contributed by atoms with Crippen LogP contribution < -0.4 is 4.90 Å². The number of para-hydroxylation sites is 1. The number of piperidine rings is 1. The number of hydrogen-bond donors (Lipinski definition) is 0. The van der Waals surface area contributed by atoms with Crippen molar-refractivity contribution in [2.24, 2.45) is 5.92 Å². The minimum Gasteiger partial charge on any atom is -0.312 e. The number of fused-ring (bicyclic) bond motifs is 1. The van der Waals surface area contributed by atoms with Gasteiger partial charge in [-0.1, -0.05) is 18.2 Å². The Bertz CT molecular complexity index is 1010. The predicted molar refractivity (Wildman–Crippen MR) is 110 cm³/mol. The second kappa shape index (κ2) is 7.88. The van der Waals surface area contributed by atoms with Gasteiger partial charge in [-0.2, -0.15) is 4.31 Å². The lowest BCUT2D eigenvalue weighted by Gasteiger charge is -2.36. The number of rotatable bonds is 3. The summed E-state index contributed by atoms with van der Waals surface area (Å²) in [6, 6.07) is 11.0. The molecule has 0 N–H and O–H groups in total. The SMILES string of the molecule is Cc1cccc2c1N(C(=O)C1CCN(S(=O)(=O)c3ccc(F)cc3)CC1)CCC2. The highest BCUT2D eigenvalue weighted by Crippen LogP contribution is 2.33. The Morgan fingerprint density at radius 1 is 1.03 bits per heavy atom. The van der Waals surface area contributed by atoms with E-state index in [4.69, 9.17) is 0 Å². The van der Waals surface area contributed by atoms with Gasteiger partial charge in [-0.25, -0.2) is 12.8 Å². The van der Waals surface area contributed by atoms with E-state index in [2.05, 4.69) is 6.07 Å². The van der Waals surface area contributed by atoms with Gasteiger partial charge in [-0.05, 0) is 68.0 Å². The molecule has 29 heavy (non-hydrogen) atoms. The van der Waals surface area contributed by atoms with Crippen molar-refractivity contribution in [2.75, 3.05) is 24.5 Å². The van der Waals surface area contributed by atoms with Gasteiger partial charge in [0.2, 0.25) is 15.9 Å². The number of aryl methyl sites for hydroxylation is 2. The molecule has 0 saturated carbocycles. The fourth-order valence-corrected chi connectivity index (χ4v) is 5.86. The summed E-state index contributed by atoms with van der Waals surface area (Å²) in [5.74, 6) is -0.551. The van der Waals surface area contributed by atoms with Crippen LogP contribution in [0.5, 0.6) is 0 Å². The van der Waals surface area contributed by atoms with Crippen LogP contribution in [0.3, 0.4) is 0 Å². The van der Waals surface area contributed by atoms with E-state index in [1.54, 1.807) is 0 Å². The standard InChI is InChI=1S/C22H25FN2O3S/c1-16-4-2-5-17-6-3-13-25(21(16)17)22(26)18-11-14-24(15-12-18)29(27,28)20-9-7-19(23)8-10-20/h2,4-5,7-10,18H,3,6,11-15H2,1H3. The van der Waals surface area contributed by atoms with E-state index in [1.807, 2.05) is 24.0 Å². The molecule has 2 aromatic carbocycles. The maximum absolute atomic E-state index is 13.2. The predicted octanol–water partition coefficient (Wildman–Crippen LogP) is 3.51. The summed E-state index contributed by atoms with van der Waals surface area (Å²) in [6.07, 6.45) is 2.92. The van der Waals surface area contributed by atoms with Crippen molar-refractivity contribution >= 4 is 21.6 Å². The Balaban J connectivity index is 1.47. The zero-order valence-electron chi connectivity index (χ0n) is 16.5. The van der Waals surface area contributed by atoms with Gasteiger partial charge < -0.3 is 4.90 Å². The van der Waals surface area contributed by atoms with Gasteiger partial charge in [0.1, 0.15) is 5.82 Å². The molecule has 1 amide bonds. The molecule has 2 aliphatic rings. The molecule has 0 spiro atoms. The molecule has 1 saturated heterocycles. The van der Waals surface area contributed by atoms with Gasteiger partial charge in [0.25, 0.3) is 0 Å². The first-order valence-corrected chi connectivity index (χ1v) is 11.5. The lowest BCUT2D eigenvalue weighted by molar-refractivity contribution is -0.123. The Morgan fingerprint density at radius 2 is 1.72 bits per heavy atom. The van der Waals surface area contributed by atoms with Crippen LogP contribution in [0.4, 0.5) is 10.1 Å². The molecule has 0 aliphatic carbocycles. The van der Waals surface area contributed by atoms with E-state index in [-0.39, 0.29) is 16.7 Å². The molecule has 0 aromatic heterocycles. The molecule has 7 heteroatoms. The maximum atomic E-state index is 13.2. The maximum Gasteiger partial charge on any atom is 0.243 e. The molecule has 0 unspecified atom stereocenters. The molecule has 0 atom stereocenters. The highest BCUT2D eigenvalue weighted by molar-refractivity contribution is 7.89. The second-order valence-electron chi connectivity index (χ2n) is 7.81. The van der Waals surface area contributed by atoms with Crippen LogP contribution in [0.1, 0.15) is 30.4 Å². The third kappa shape index (κ3) is 3.81. The van der Waals surface area contributed by atoms with E-state index in [1.165, 1.54) is 22.0 Å². The van der Waals surface area contributed by atoms with Crippen LogP contribution in [-0.4, -0.2) is 38.3 Å². The largest absolute Gasteiger partial charge is 0.312 e. The van der Waals surface area contributed by atoms with Crippen LogP contribution in [-0.2, 0) is 21.2 Å². The fraction of sp³-hybridized carbons (Fsp3) is 0.409. The summed E-state index contributed by atoms with van der Waals surface area (Å²) < 4.78 is 40.1.